The van der Waals surface area contributed by atoms with E-state index in [1.165, 1.54) is 0 Å². The molecule has 1 saturated heterocycles. The van der Waals surface area contributed by atoms with E-state index < -0.39 is 5.54 Å². The molecule has 18 heavy (non-hydrogen) atoms. The van der Waals surface area contributed by atoms with Gasteiger partial charge < -0.3 is 15.0 Å². The number of nitrogens with zero attached hydrogens (tertiary/aromatic N) is 1. The summed E-state index contributed by atoms with van der Waals surface area (Å²) in [5, 5.41) is 2.76. The van der Waals surface area contributed by atoms with Gasteiger partial charge in [0.1, 0.15) is 17.1 Å². The predicted octanol–water partition coefficient (Wildman–Crippen LogP) is 1.75. The van der Waals surface area contributed by atoms with E-state index in [2.05, 4.69) is 11.9 Å². The van der Waals surface area contributed by atoms with Crippen LogP contribution in [0.5, 0.6) is 5.75 Å². The molecule has 1 aliphatic heterocycles. The third-order valence-corrected chi connectivity index (χ3v) is 3.66. The van der Waals surface area contributed by atoms with Crippen LogP contribution in [0.15, 0.2) is 30.6 Å². The van der Waals surface area contributed by atoms with Crippen molar-refractivity contribution in [2.24, 2.45) is 0 Å². The van der Waals surface area contributed by atoms with Gasteiger partial charge in [0, 0.05) is 12.6 Å². The summed E-state index contributed by atoms with van der Waals surface area (Å²) in [5.74, 6) is 1.23. The lowest BCUT2D eigenvalue weighted by Gasteiger charge is -2.32. The van der Waals surface area contributed by atoms with Crippen LogP contribution >= 0.6 is 0 Å². The Hall–Kier alpha value is -1.97. The Morgan fingerprint density at radius 3 is 2.61 bits per heavy atom. The number of carbonyl (C=O) groups excluding carboxylic acids is 1. The summed E-state index contributed by atoms with van der Waals surface area (Å²) in [4.78, 5) is 14.1. The van der Waals surface area contributed by atoms with E-state index in [0.29, 0.717) is 11.6 Å². The summed E-state index contributed by atoms with van der Waals surface area (Å²) in [6, 6.07) is 5.83. The molecular weight excluding hydrogens is 228 g/mol. The first-order valence-electron chi connectivity index (χ1n) is 5.80. The Morgan fingerprint density at radius 1 is 1.44 bits per heavy atom. The van der Waals surface area contributed by atoms with Crippen molar-refractivity contribution in [3.05, 3.63) is 41.7 Å². The molecular formula is C14H18N2O2. The molecule has 1 aromatic carbocycles. The minimum atomic E-state index is -0.783. The number of hydrogen-bond acceptors (Lipinski definition) is 3. The number of nitrogens with one attached hydrogen (secondary N) is 1. The third-order valence-electron chi connectivity index (χ3n) is 3.66. The summed E-state index contributed by atoms with van der Waals surface area (Å²) >= 11 is 0. The Kier molecular flexibility index (Phi) is 2.81. The number of likely N-dealkylation sites (N-methyl/N-ethyl adjacent to an activating group) is 1. The Labute approximate surface area is 107 Å². The second-order valence-corrected chi connectivity index (χ2v) is 4.74. The van der Waals surface area contributed by atoms with Crippen molar-refractivity contribution in [2.45, 2.75) is 19.4 Å². The van der Waals surface area contributed by atoms with E-state index in [4.69, 9.17) is 4.74 Å². The van der Waals surface area contributed by atoms with Crippen LogP contribution in [-0.4, -0.2) is 25.0 Å². The van der Waals surface area contributed by atoms with Crippen molar-refractivity contribution in [2.75, 3.05) is 14.2 Å². The molecule has 96 valence electrons. The minimum absolute atomic E-state index is 0.0844. The van der Waals surface area contributed by atoms with E-state index in [9.17, 15) is 4.79 Å². The zero-order valence-corrected chi connectivity index (χ0v) is 11.2. The summed E-state index contributed by atoms with van der Waals surface area (Å²) < 4.78 is 5.37. The Morgan fingerprint density at radius 2 is 2.11 bits per heavy atom. The predicted molar refractivity (Wildman–Crippen MR) is 70.1 cm³/mol. The molecule has 0 spiro atoms. The molecule has 1 aliphatic rings. The van der Waals surface area contributed by atoms with Gasteiger partial charge in [-0.05, 0) is 26.0 Å². The van der Waals surface area contributed by atoms with Gasteiger partial charge in [0.25, 0.3) is 5.91 Å². The van der Waals surface area contributed by atoms with Crippen LogP contribution in [0.2, 0.25) is 0 Å². The third kappa shape index (κ3) is 1.56. The zero-order chi connectivity index (χ0) is 13.5. The molecule has 1 unspecified atom stereocenters. The highest BCUT2D eigenvalue weighted by atomic mass is 16.5. The molecule has 0 aromatic heterocycles. The summed E-state index contributed by atoms with van der Waals surface area (Å²) in [6.07, 6.45) is 0. The van der Waals surface area contributed by atoms with E-state index in [1.807, 2.05) is 44.0 Å². The van der Waals surface area contributed by atoms with Crippen molar-refractivity contribution in [3.8, 4) is 5.75 Å². The average molecular weight is 246 g/mol. The van der Waals surface area contributed by atoms with Gasteiger partial charge in [-0.2, -0.15) is 0 Å². The van der Waals surface area contributed by atoms with Crippen molar-refractivity contribution in [1.29, 1.82) is 0 Å². The summed E-state index contributed by atoms with van der Waals surface area (Å²) in [7, 11) is 3.46. The molecule has 0 saturated carbocycles. The van der Waals surface area contributed by atoms with Gasteiger partial charge in [-0.15, -0.1) is 0 Å². The van der Waals surface area contributed by atoms with Crippen LogP contribution < -0.4 is 10.1 Å². The molecule has 1 heterocycles. The molecule has 4 nitrogen and oxygen atoms in total. The maximum absolute atomic E-state index is 12.2. The maximum atomic E-state index is 12.2. The molecule has 0 bridgehead atoms. The summed E-state index contributed by atoms with van der Waals surface area (Å²) in [5.41, 5.74) is 1.16. The molecule has 1 fully saturated rings. The first-order chi connectivity index (χ1) is 8.41. The molecule has 1 atom stereocenters. The second-order valence-electron chi connectivity index (χ2n) is 4.74. The van der Waals surface area contributed by atoms with E-state index in [1.54, 1.807) is 7.11 Å². The number of hydrogen-bond donors (Lipinski definition) is 1. The maximum Gasteiger partial charge on any atom is 0.255 e. The lowest BCUT2D eigenvalue weighted by molar-refractivity contribution is -0.126. The number of ether oxygens (including phenoxy) is 1. The Bertz CT molecular complexity index is 525. The number of aryl methyl sites for hydroxylation is 1. The van der Waals surface area contributed by atoms with Crippen LogP contribution in [0.4, 0.5) is 0 Å². The molecule has 2 rings (SSSR count). The van der Waals surface area contributed by atoms with Crippen LogP contribution in [-0.2, 0) is 10.3 Å². The van der Waals surface area contributed by atoms with Crippen LogP contribution in [0.25, 0.3) is 0 Å². The van der Waals surface area contributed by atoms with E-state index in [-0.39, 0.29) is 5.91 Å². The van der Waals surface area contributed by atoms with E-state index in [0.717, 1.165) is 11.1 Å². The number of methoxy groups -OCH3 is 1. The molecule has 0 aliphatic carbocycles. The van der Waals surface area contributed by atoms with Crippen molar-refractivity contribution in [1.82, 2.24) is 10.2 Å². The normalized spacial score (nSPS) is 23.2. The fourth-order valence-electron chi connectivity index (χ4n) is 2.26. The van der Waals surface area contributed by atoms with Gasteiger partial charge in [-0.1, -0.05) is 18.2 Å². The SMILES string of the molecule is C=C1NC(=O)C(C)(c2cc(C)ccc2OC)N1C. The van der Waals surface area contributed by atoms with Crippen molar-refractivity contribution >= 4 is 5.91 Å². The largest absolute Gasteiger partial charge is 0.496 e. The first-order valence-corrected chi connectivity index (χ1v) is 5.80. The minimum Gasteiger partial charge on any atom is -0.496 e. The lowest BCUT2D eigenvalue weighted by atomic mass is 9.89. The molecule has 0 radical (unpaired) electrons. The van der Waals surface area contributed by atoms with E-state index >= 15 is 0 Å². The van der Waals surface area contributed by atoms with Crippen molar-refractivity contribution < 1.29 is 9.53 Å². The topological polar surface area (TPSA) is 41.6 Å². The fraction of sp³-hybridized carbons (Fsp3) is 0.357. The van der Waals surface area contributed by atoms with Gasteiger partial charge >= 0.3 is 0 Å². The molecule has 1 aromatic rings. The first kappa shape index (κ1) is 12.5. The highest BCUT2D eigenvalue weighted by Gasteiger charge is 2.47. The number of benzene rings is 1. The average Bonchev–Trinajstić information content (AvgIpc) is 2.54. The zero-order valence-electron chi connectivity index (χ0n) is 11.2. The highest BCUT2D eigenvalue weighted by molar-refractivity contribution is 5.92. The fourth-order valence-corrected chi connectivity index (χ4v) is 2.26. The van der Waals surface area contributed by atoms with Gasteiger partial charge in [0.2, 0.25) is 0 Å². The summed E-state index contributed by atoms with van der Waals surface area (Å²) in [6.45, 7) is 7.70. The van der Waals surface area contributed by atoms with Crippen molar-refractivity contribution in [3.63, 3.8) is 0 Å². The molecule has 1 amide bonds. The number of carbonyl (C=O) groups is 1. The lowest BCUT2D eigenvalue weighted by Crippen LogP contribution is -2.41. The number of rotatable bonds is 2. The van der Waals surface area contributed by atoms with Gasteiger partial charge in [-0.25, -0.2) is 0 Å². The van der Waals surface area contributed by atoms with Crippen LogP contribution in [0.1, 0.15) is 18.1 Å². The smallest absolute Gasteiger partial charge is 0.255 e. The van der Waals surface area contributed by atoms with Gasteiger partial charge in [0.05, 0.1) is 7.11 Å². The quantitative estimate of drug-likeness (QED) is 0.864. The van der Waals surface area contributed by atoms with Crippen LogP contribution in [0, 0.1) is 6.92 Å². The highest BCUT2D eigenvalue weighted by Crippen LogP contribution is 2.39. The van der Waals surface area contributed by atoms with Gasteiger partial charge in [0.15, 0.2) is 0 Å². The molecule has 1 N–H and O–H groups in total. The Balaban J connectivity index is 2.63. The van der Waals surface area contributed by atoms with Gasteiger partial charge in [-0.3, -0.25) is 4.79 Å². The number of amides is 1. The second kappa shape index (κ2) is 4.05. The van der Waals surface area contributed by atoms with Crippen LogP contribution in [0.3, 0.4) is 0 Å². The monoisotopic (exact) mass is 246 g/mol. The molecule has 4 heteroatoms. The standard InChI is InChI=1S/C14H18N2O2/c1-9-6-7-12(18-5)11(8-9)14(3)13(17)15-10(2)16(14)4/h6-8H,2H2,1,3-5H3,(H,15,17).